The summed E-state index contributed by atoms with van der Waals surface area (Å²) in [6, 6.07) is -0.590. The van der Waals surface area contributed by atoms with Gasteiger partial charge in [-0.2, -0.15) is 0 Å². The molecule has 0 aliphatic heterocycles. The molecule has 0 aliphatic carbocycles. The van der Waals surface area contributed by atoms with Crippen LogP contribution in [-0.4, -0.2) is 136 Å². The van der Waals surface area contributed by atoms with Crippen molar-refractivity contribution >= 4 is 41.3 Å². The molecule has 0 saturated carbocycles. The van der Waals surface area contributed by atoms with Crippen LogP contribution in [-0.2, 0) is 52.5 Å². The zero-order chi connectivity index (χ0) is 45.2. The third-order valence-corrected chi connectivity index (χ3v) is 10.1. The molecule has 6 N–H and O–H groups in total. The molecule has 0 aliphatic rings. The molecule has 0 aromatic rings. The monoisotopic (exact) mass is 876 g/mol. The summed E-state index contributed by atoms with van der Waals surface area (Å²) in [7, 11) is 1.60. The first-order chi connectivity index (χ1) is 29.5. The number of carbonyl (C=O) groups is 7. The van der Waals surface area contributed by atoms with E-state index in [0.717, 1.165) is 44.9 Å². The zero-order valence-corrected chi connectivity index (χ0v) is 37.0. The summed E-state index contributed by atoms with van der Waals surface area (Å²) in [6.45, 7) is 2.08. The molecular formula is C44H81N3O14. The van der Waals surface area contributed by atoms with Crippen LogP contribution in [0.2, 0.25) is 0 Å². The van der Waals surface area contributed by atoms with Gasteiger partial charge < -0.3 is 50.2 Å². The van der Waals surface area contributed by atoms with Gasteiger partial charge in [0.25, 0.3) is 0 Å². The quantitative estimate of drug-likeness (QED) is 0.0414. The molecule has 2 amide bonds. The maximum Gasteiger partial charge on any atom is 0.320 e. The number of carboxylic acids is 3. The lowest BCUT2D eigenvalue weighted by Gasteiger charge is -2.12. The van der Waals surface area contributed by atoms with E-state index in [1.54, 1.807) is 7.05 Å². The lowest BCUT2D eigenvalue weighted by atomic mass is 9.94. The van der Waals surface area contributed by atoms with Crippen molar-refractivity contribution in [3.05, 3.63) is 0 Å². The molecule has 61 heavy (non-hydrogen) atoms. The molecule has 0 radical (unpaired) electrons. The fourth-order valence-corrected chi connectivity index (χ4v) is 6.44. The average Bonchev–Trinajstić information content (AvgIpc) is 3.22. The maximum atomic E-state index is 12.4. The van der Waals surface area contributed by atoms with Crippen LogP contribution in [0.1, 0.15) is 156 Å². The number of ether oxygens (including phenoxy) is 4. The molecule has 0 spiro atoms. The van der Waals surface area contributed by atoms with Gasteiger partial charge in [-0.05, 0) is 52.0 Å². The molecule has 17 heteroatoms. The highest BCUT2D eigenvalue weighted by atomic mass is 16.5. The van der Waals surface area contributed by atoms with Crippen LogP contribution in [0.3, 0.4) is 0 Å². The Morgan fingerprint density at radius 3 is 1.52 bits per heavy atom. The van der Waals surface area contributed by atoms with Crippen molar-refractivity contribution in [2.45, 2.75) is 160 Å². The molecule has 0 heterocycles. The Bertz CT molecular complexity index is 1200. The first-order valence-corrected chi connectivity index (χ1v) is 22.7. The Morgan fingerprint density at radius 1 is 0.459 bits per heavy atom. The fraction of sp³-hybridized carbons (Fsp3) is 0.841. The van der Waals surface area contributed by atoms with Crippen LogP contribution in [0.25, 0.3) is 0 Å². The molecule has 0 saturated heterocycles. The largest absolute Gasteiger partial charge is 0.481 e. The van der Waals surface area contributed by atoms with Crippen molar-refractivity contribution < 1.29 is 69.3 Å². The second-order valence-electron chi connectivity index (χ2n) is 15.5. The van der Waals surface area contributed by atoms with Crippen molar-refractivity contribution in [3.8, 4) is 0 Å². The molecule has 0 unspecified atom stereocenters. The smallest absolute Gasteiger partial charge is 0.320 e. The number of amides is 2. The standard InChI is InChI=1S/C44H79N3O14.H2/c1-45-39(44(56)57)21-16-17-25-46-41(51)35-61-32-29-58-27-18-20-38(49)34-60-31-30-59-28-26-47-40(50)24-23-36(43(54)55)33-37(48)19-14-12-10-8-6-4-2-3-5-7-9-11-13-15-22-42(52)53;/h36,39,45H,2-35H2,1H3,(H,46,51)(H,47,50)(H,52,53)(H,54,55)(H,56,57);1H/t36-,39+;/m1./s1. The number of carboxylic acid groups (broad SMARTS) is 3. The Balaban J connectivity index is 0. The highest BCUT2D eigenvalue weighted by Crippen LogP contribution is 2.17. The van der Waals surface area contributed by atoms with Gasteiger partial charge in [-0.1, -0.05) is 77.0 Å². The fourth-order valence-electron chi connectivity index (χ4n) is 6.44. The van der Waals surface area contributed by atoms with Crippen LogP contribution < -0.4 is 16.0 Å². The number of hydrogen-bond acceptors (Lipinski definition) is 12. The third-order valence-electron chi connectivity index (χ3n) is 10.1. The molecule has 0 aromatic heterocycles. The summed E-state index contributed by atoms with van der Waals surface area (Å²) >= 11 is 0. The van der Waals surface area contributed by atoms with E-state index in [-0.39, 0.29) is 103 Å². The van der Waals surface area contributed by atoms with Gasteiger partial charge in [0.1, 0.15) is 25.0 Å². The van der Waals surface area contributed by atoms with Crippen molar-refractivity contribution in [3.63, 3.8) is 0 Å². The van der Waals surface area contributed by atoms with E-state index in [4.69, 9.17) is 29.2 Å². The number of aliphatic carboxylic acids is 3. The number of Topliss-reactive ketones (excluding diaryl/α,β-unsaturated/α-hetero) is 2. The van der Waals surface area contributed by atoms with Crippen molar-refractivity contribution in [2.75, 3.05) is 73.0 Å². The lowest BCUT2D eigenvalue weighted by molar-refractivity contribution is -0.144. The summed E-state index contributed by atoms with van der Waals surface area (Å²) in [5.74, 6) is -4.28. The SMILES string of the molecule is CN[C@@H](CCCCNC(=O)COCCOCCCC(=O)COCCOCCNC(=O)CC[C@H](CC(=O)CCCCCCCCCCCCCCCCC(=O)O)C(=O)O)C(=O)O.[HH]. The Morgan fingerprint density at radius 2 is 0.967 bits per heavy atom. The molecule has 356 valence electrons. The maximum absolute atomic E-state index is 12.4. The van der Waals surface area contributed by atoms with Crippen molar-refractivity contribution in [1.29, 1.82) is 0 Å². The van der Waals surface area contributed by atoms with E-state index in [1.807, 2.05) is 0 Å². The number of ketones is 2. The minimum Gasteiger partial charge on any atom is -0.481 e. The minimum atomic E-state index is -1.07. The van der Waals surface area contributed by atoms with E-state index < -0.39 is 29.9 Å². The van der Waals surface area contributed by atoms with Crippen LogP contribution in [0.4, 0.5) is 0 Å². The summed E-state index contributed by atoms with van der Waals surface area (Å²) in [4.78, 5) is 81.7. The number of likely N-dealkylation sites (N-methyl/N-ethyl adjacent to an activating group) is 1. The van der Waals surface area contributed by atoms with Crippen LogP contribution in [0, 0.1) is 5.92 Å². The molecule has 0 bridgehead atoms. The first kappa shape index (κ1) is 57.5. The minimum absolute atomic E-state index is 0. The normalized spacial score (nSPS) is 12.1. The highest BCUT2D eigenvalue weighted by molar-refractivity contribution is 5.84. The number of carbonyl (C=O) groups excluding carboxylic acids is 4. The van der Waals surface area contributed by atoms with Crippen LogP contribution in [0.5, 0.6) is 0 Å². The first-order valence-electron chi connectivity index (χ1n) is 22.7. The van der Waals surface area contributed by atoms with E-state index in [0.29, 0.717) is 51.7 Å². The number of nitrogens with one attached hydrogen (secondary N) is 3. The summed E-state index contributed by atoms with van der Waals surface area (Å²) in [5, 5.41) is 35.4. The second kappa shape index (κ2) is 41.8. The van der Waals surface area contributed by atoms with Gasteiger partial charge in [0.05, 0.1) is 39.0 Å². The Hall–Kier alpha value is -3.51. The molecule has 0 rings (SSSR count). The van der Waals surface area contributed by atoms with Gasteiger partial charge in [-0.15, -0.1) is 0 Å². The Kier molecular flexibility index (Phi) is 39.4. The van der Waals surface area contributed by atoms with Crippen LogP contribution in [0.15, 0.2) is 0 Å². The second-order valence-corrected chi connectivity index (χ2v) is 15.5. The zero-order valence-electron chi connectivity index (χ0n) is 37.0. The third kappa shape index (κ3) is 40.3. The number of hydrogen-bond donors (Lipinski definition) is 6. The lowest BCUT2D eigenvalue weighted by Crippen LogP contribution is -2.34. The van der Waals surface area contributed by atoms with Gasteiger partial charge in [-0.25, -0.2) is 0 Å². The van der Waals surface area contributed by atoms with Gasteiger partial charge in [0, 0.05) is 53.2 Å². The van der Waals surface area contributed by atoms with Gasteiger partial charge in [0.15, 0.2) is 5.78 Å². The predicted molar refractivity (Wildman–Crippen MR) is 231 cm³/mol. The molecule has 2 atom stereocenters. The van der Waals surface area contributed by atoms with Gasteiger partial charge in [0.2, 0.25) is 11.8 Å². The highest BCUT2D eigenvalue weighted by Gasteiger charge is 2.22. The van der Waals surface area contributed by atoms with Crippen molar-refractivity contribution in [1.82, 2.24) is 16.0 Å². The summed E-state index contributed by atoms with van der Waals surface area (Å²) in [5.41, 5.74) is 0. The van der Waals surface area contributed by atoms with Crippen LogP contribution >= 0.6 is 0 Å². The van der Waals surface area contributed by atoms with E-state index in [1.165, 1.54) is 44.9 Å². The number of rotatable bonds is 47. The number of unbranched alkanes of at least 4 members (excludes halogenated alkanes) is 14. The Labute approximate surface area is 365 Å². The van der Waals surface area contributed by atoms with E-state index in [9.17, 15) is 38.7 Å². The molecular weight excluding hydrogens is 794 g/mol. The summed E-state index contributed by atoms with van der Waals surface area (Å²) in [6.07, 6.45) is 18.6. The topological polar surface area (TPSA) is 253 Å². The van der Waals surface area contributed by atoms with Gasteiger partial charge >= 0.3 is 17.9 Å². The summed E-state index contributed by atoms with van der Waals surface area (Å²) < 4.78 is 21.5. The molecule has 17 nitrogen and oxygen atoms in total. The average molecular weight is 876 g/mol. The molecule has 0 fully saturated rings. The predicted octanol–water partition coefficient (Wildman–Crippen LogP) is 5.49. The molecule has 0 aromatic carbocycles. The van der Waals surface area contributed by atoms with E-state index >= 15 is 0 Å². The van der Waals surface area contributed by atoms with Gasteiger partial charge in [-0.3, -0.25) is 33.6 Å². The van der Waals surface area contributed by atoms with Crippen molar-refractivity contribution in [2.24, 2.45) is 5.92 Å². The van der Waals surface area contributed by atoms with E-state index in [2.05, 4.69) is 16.0 Å².